The predicted molar refractivity (Wildman–Crippen MR) is 80.4 cm³/mol. The predicted octanol–water partition coefficient (Wildman–Crippen LogP) is 2.31. The van der Waals surface area contributed by atoms with Crippen LogP contribution in [0.1, 0.15) is 59.3 Å². The Bertz CT molecular complexity index is 341. The van der Waals surface area contributed by atoms with Crippen LogP contribution in [0.5, 0.6) is 0 Å². The van der Waals surface area contributed by atoms with E-state index in [1.54, 1.807) is 0 Å². The summed E-state index contributed by atoms with van der Waals surface area (Å²) in [5.41, 5.74) is 5.55. The number of hydrogen-bond donors (Lipinski definition) is 1. The van der Waals surface area contributed by atoms with E-state index in [1.807, 2.05) is 6.92 Å². The number of rotatable bonds is 7. The zero-order valence-corrected chi connectivity index (χ0v) is 13.2. The summed E-state index contributed by atoms with van der Waals surface area (Å²) in [6.07, 6.45) is 6.41. The van der Waals surface area contributed by atoms with Gasteiger partial charge in [0.05, 0.1) is 6.61 Å². The first-order valence-corrected chi connectivity index (χ1v) is 8.18. The summed E-state index contributed by atoms with van der Waals surface area (Å²) in [4.78, 5) is 14.6. The van der Waals surface area contributed by atoms with Crippen molar-refractivity contribution in [2.24, 2.45) is 11.7 Å². The highest BCUT2D eigenvalue weighted by atomic mass is 16.5. The molecule has 4 nitrogen and oxygen atoms in total. The van der Waals surface area contributed by atoms with E-state index in [1.165, 1.54) is 19.3 Å². The van der Waals surface area contributed by atoms with E-state index in [9.17, 15) is 4.79 Å². The van der Waals surface area contributed by atoms with Gasteiger partial charge in [-0.05, 0) is 57.9 Å². The molecule has 0 saturated heterocycles. The molecule has 0 spiro atoms. The van der Waals surface area contributed by atoms with Gasteiger partial charge in [0.2, 0.25) is 0 Å². The molecule has 0 aromatic carbocycles. The summed E-state index contributed by atoms with van der Waals surface area (Å²) in [6, 6.07) is 1.21. The molecule has 116 valence electrons. The molecule has 20 heavy (non-hydrogen) atoms. The fraction of sp³-hybridized carbons (Fsp3) is 0.938. The van der Waals surface area contributed by atoms with Crippen molar-refractivity contribution in [3.8, 4) is 0 Å². The lowest BCUT2D eigenvalue weighted by Crippen LogP contribution is -2.48. The lowest BCUT2D eigenvalue weighted by Gasteiger charge is -2.31. The topological polar surface area (TPSA) is 55.6 Å². The summed E-state index contributed by atoms with van der Waals surface area (Å²) in [6.45, 7) is 7.94. The summed E-state index contributed by atoms with van der Waals surface area (Å²) in [5, 5.41) is 0. The number of nitrogens with zero attached hydrogens (tertiary/aromatic N) is 1. The molecule has 2 fully saturated rings. The molecule has 0 bridgehead atoms. The lowest BCUT2D eigenvalue weighted by atomic mass is 9.99. The number of nitrogens with two attached hydrogens (primary N) is 1. The third-order valence-electron chi connectivity index (χ3n) is 4.66. The first-order valence-electron chi connectivity index (χ1n) is 8.18. The minimum Gasteiger partial charge on any atom is -0.465 e. The summed E-state index contributed by atoms with van der Waals surface area (Å²) >= 11 is 0. The molecular weight excluding hydrogens is 252 g/mol. The van der Waals surface area contributed by atoms with Gasteiger partial charge in [0, 0.05) is 12.1 Å². The van der Waals surface area contributed by atoms with Crippen molar-refractivity contribution < 1.29 is 9.53 Å². The molecule has 0 aromatic heterocycles. The second-order valence-electron chi connectivity index (χ2n) is 6.92. The van der Waals surface area contributed by atoms with Gasteiger partial charge in [-0.15, -0.1) is 0 Å². The van der Waals surface area contributed by atoms with Crippen molar-refractivity contribution in [1.82, 2.24) is 4.90 Å². The van der Waals surface area contributed by atoms with Crippen molar-refractivity contribution in [1.29, 1.82) is 0 Å². The average Bonchev–Trinajstić information content (AvgIpc) is 3.13. The Morgan fingerprint density at radius 3 is 2.60 bits per heavy atom. The normalized spacial score (nSPS) is 30.2. The molecule has 0 aliphatic heterocycles. The molecule has 2 unspecified atom stereocenters. The molecule has 2 N–H and O–H groups in total. The summed E-state index contributed by atoms with van der Waals surface area (Å²) in [7, 11) is 0. The molecule has 2 aliphatic carbocycles. The first-order chi connectivity index (χ1) is 9.46. The van der Waals surface area contributed by atoms with Gasteiger partial charge in [-0.25, -0.2) is 0 Å². The SMILES string of the molecule is CCOC(=O)C1(N)CCC(N(CCC(C)C)C2CC2)C1. The minimum atomic E-state index is -0.744. The van der Waals surface area contributed by atoms with Crippen molar-refractivity contribution >= 4 is 5.97 Å². The van der Waals surface area contributed by atoms with Gasteiger partial charge in [-0.3, -0.25) is 9.69 Å². The number of carbonyl (C=O) groups is 1. The maximum Gasteiger partial charge on any atom is 0.326 e. The fourth-order valence-electron chi connectivity index (χ4n) is 3.27. The van der Waals surface area contributed by atoms with Crippen molar-refractivity contribution in [3.05, 3.63) is 0 Å². The lowest BCUT2D eigenvalue weighted by molar-refractivity contribution is -0.149. The smallest absolute Gasteiger partial charge is 0.326 e. The molecule has 2 saturated carbocycles. The molecule has 0 heterocycles. The number of ether oxygens (including phenoxy) is 1. The van der Waals surface area contributed by atoms with Crippen LogP contribution in [-0.2, 0) is 9.53 Å². The van der Waals surface area contributed by atoms with Crippen LogP contribution in [0.15, 0.2) is 0 Å². The Morgan fingerprint density at radius 2 is 2.05 bits per heavy atom. The van der Waals surface area contributed by atoms with Crippen LogP contribution >= 0.6 is 0 Å². The Labute approximate surface area is 123 Å². The molecule has 0 aromatic rings. The second kappa shape index (κ2) is 6.44. The molecule has 2 atom stereocenters. The van der Waals surface area contributed by atoms with Crippen molar-refractivity contribution in [2.75, 3.05) is 13.2 Å². The average molecular weight is 282 g/mol. The maximum absolute atomic E-state index is 12.0. The van der Waals surface area contributed by atoms with Gasteiger partial charge in [-0.1, -0.05) is 13.8 Å². The van der Waals surface area contributed by atoms with Gasteiger partial charge < -0.3 is 10.5 Å². The molecule has 2 aliphatic rings. The highest BCUT2D eigenvalue weighted by Crippen LogP contribution is 2.38. The van der Waals surface area contributed by atoms with E-state index < -0.39 is 5.54 Å². The van der Waals surface area contributed by atoms with Gasteiger partial charge in [0.25, 0.3) is 0 Å². The van der Waals surface area contributed by atoms with E-state index in [0.717, 1.165) is 37.8 Å². The third kappa shape index (κ3) is 3.73. The van der Waals surface area contributed by atoms with Crippen molar-refractivity contribution in [3.63, 3.8) is 0 Å². The Morgan fingerprint density at radius 1 is 1.35 bits per heavy atom. The van der Waals surface area contributed by atoms with Crippen LogP contribution < -0.4 is 5.73 Å². The molecular formula is C16H30N2O2. The van der Waals surface area contributed by atoms with E-state index in [2.05, 4.69) is 18.7 Å². The largest absolute Gasteiger partial charge is 0.465 e. The van der Waals surface area contributed by atoms with Gasteiger partial charge in [0.15, 0.2) is 0 Å². The molecule has 2 rings (SSSR count). The van der Waals surface area contributed by atoms with E-state index in [-0.39, 0.29) is 5.97 Å². The summed E-state index contributed by atoms with van der Waals surface area (Å²) in [5.74, 6) is 0.521. The van der Waals surface area contributed by atoms with Crippen LogP contribution in [0, 0.1) is 5.92 Å². The van der Waals surface area contributed by atoms with Gasteiger partial charge in [0.1, 0.15) is 5.54 Å². The number of esters is 1. The van der Waals surface area contributed by atoms with E-state index >= 15 is 0 Å². The zero-order valence-electron chi connectivity index (χ0n) is 13.2. The fourth-order valence-corrected chi connectivity index (χ4v) is 3.27. The van der Waals surface area contributed by atoms with Crippen LogP contribution in [0.2, 0.25) is 0 Å². The molecule has 0 radical (unpaired) electrons. The quantitative estimate of drug-likeness (QED) is 0.728. The summed E-state index contributed by atoms with van der Waals surface area (Å²) < 4.78 is 5.15. The van der Waals surface area contributed by atoms with Crippen molar-refractivity contribution in [2.45, 2.75) is 76.9 Å². The van der Waals surface area contributed by atoms with Crippen LogP contribution in [0.25, 0.3) is 0 Å². The Balaban J connectivity index is 1.93. The van der Waals surface area contributed by atoms with Crippen LogP contribution in [0.4, 0.5) is 0 Å². The van der Waals surface area contributed by atoms with Crippen LogP contribution in [0.3, 0.4) is 0 Å². The van der Waals surface area contributed by atoms with Gasteiger partial charge >= 0.3 is 5.97 Å². The number of carbonyl (C=O) groups excluding carboxylic acids is 1. The van der Waals surface area contributed by atoms with Gasteiger partial charge in [-0.2, -0.15) is 0 Å². The number of hydrogen-bond acceptors (Lipinski definition) is 4. The maximum atomic E-state index is 12.0. The van der Waals surface area contributed by atoms with E-state index in [4.69, 9.17) is 10.5 Å². The Hall–Kier alpha value is -0.610. The van der Waals surface area contributed by atoms with E-state index in [0.29, 0.717) is 12.6 Å². The third-order valence-corrected chi connectivity index (χ3v) is 4.66. The Kier molecular flexibility index (Phi) is 5.08. The first kappa shape index (κ1) is 15.8. The second-order valence-corrected chi connectivity index (χ2v) is 6.92. The van der Waals surface area contributed by atoms with Crippen LogP contribution in [-0.4, -0.2) is 41.6 Å². The highest BCUT2D eigenvalue weighted by Gasteiger charge is 2.47. The molecule has 4 heteroatoms. The standard InChI is InChI=1S/C16H30N2O2/c1-4-20-15(19)16(17)9-7-14(11-16)18(13-5-6-13)10-8-12(2)3/h12-14H,4-11,17H2,1-3H3. The zero-order chi connectivity index (χ0) is 14.8. The molecule has 0 amide bonds. The monoisotopic (exact) mass is 282 g/mol. The minimum absolute atomic E-state index is 0.206. The highest BCUT2D eigenvalue weighted by molar-refractivity contribution is 5.81.